The molecule has 0 spiro atoms. The summed E-state index contributed by atoms with van der Waals surface area (Å²) in [6.45, 7) is 5.95. The SMILES string of the molecule is COc1ccc(C(=O)CSc2n[nH]c(=O)n2-c2c(C)cc(C)cc2C)cc1. The molecule has 0 aliphatic rings. The Kier molecular flexibility index (Phi) is 5.51. The molecule has 3 aromatic rings. The molecule has 27 heavy (non-hydrogen) atoms. The zero-order valence-electron chi connectivity index (χ0n) is 15.7. The van der Waals surface area contributed by atoms with Gasteiger partial charge in [0.1, 0.15) is 5.75 Å². The van der Waals surface area contributed by atoms with Crippen molar-refractivity contribution >= 4 is 17.5 Å². The smallest absolute Gasteiger partial charge is 0.348 e. The molecule has 2 aromatic carbocycles. The average Bonchev–Trinajstić information content (AvgIpc) is 2.99. The van der Waals surface area contributed by atoms with Crippen LogP contribution in [0.4, 0.5) is 0 Å². The Morgan fingerprint density at radius 1 is 1.15 bits per heavy atom. The maximum atomic E-state index is 12.5. The maximum Gasteiger partial charge on any atom is 0.348 e. The van der Waals surface area contributed by atoms with Crippen molar-refractivity contribution in [1.29, 1.82) is 0 Å². The van der Waals surface area contributed by atoms with E-state index >= 15 is 0 Å². The molecule has 0 amide bonds. The normalized spacial score (nSPS) is 10.8. The van der Waals surface area contributed by atoms with Crippen molar-refractivity contribution in [3.8, 4) is 11.4 Å². The lowest BCUT2D eigenvalue weighted by Gasteiger charge is -2.13. The fourth-order valence-corrected chi connectivity index (χ4v) is 3.93. The molecule has 1 N–H and O–H groups in total. The van der Waals surface area contributed by atoms with E-state index in [1.165, 1.54) is 16.3 Å². The van der Waals surface area contributed by atoms with Gasteiger partial charge in [0.05, 0.1) is 18.6 Å². The lowest BCUT2D eigenvalue weighted by molar-refractivity contribution is 0.102. The van der Waals surface area contributed by atoms with Crippen LogP contribution in [0.15, 0.2) is 46.3 Å². The van der Waals surface area contributed by atoms with Crippen LogP contribution in [0.3, 0.4) is 0 Å². The number of benzene rings is 2. The predicted molar refractivity (Wildman–Crippen MR) is 106 cm³/mol. The number of ether oxygens (including phenoxy) is 1. The van der Waals surface area contributed by atoms with Crippen molar-refractivity contribution in [1.82, 2.24) is 14.8 Å². The second kappa shape index (κ2) is 7.84. The molecule has 3 rings (SSSR count). The third kappa shape index (κ3) is 3.98. The number of rotatable bonds is 6. The Bertz CT molecular complexity index is 1010. The highest BCUT2D eigenvalue weighted by Crippen LogP contribution is 2.25. The molecule has 0 atom stereocenters. The first-order chi connectivity index (χ1) is 12.9. The van der Waals surface area contributed by atoms with Gasteiger partial charge in [-0.3, -0.25) is 4.79 Å². The Balaban J connectivity index is 1.85. The molecule has 0 radical (unpaired) electrons. The molecule has 7 heteroatoms. The van der Waals surface area contributed by atoms with Crippen LogP contribution >= 0.6 is 11.8 Å². The summed E-state index contributed by atoms with van der Waals surface area (Å²) in [6, 6.07) is 11.0. The minimum Gasteiger partial charge on any atom is -0.497 e. The van der Waals surface area contributed by atoms with Crippen molar-refractivity contribution in [2.75, 3.05) is 12.9 Å². The number of aromatic nitrogens is 3. The zero-order valence-corrected chi connectivity index (χ0v) is 16.5. The molecule has 0 bridgehead atoms. The highest BCUT2D eigenvalue weighted by atomic mass is 32.2. The van der Waals surface area contributed by atoms with Crippen molar-refractivity contribution in [3.05, 3.63) is 69.1 Å². The van der Waals surface area contributed by atoms with Gasteiger partial charge in [0.25, 0.3) is 0 Å². The highest BCUT2D eigenvalue weighted by molar-refractivity contribution is 7.99. The van der Waals surface area contributed by atoms with E-state index in [0.29, 0.717) is 16.5 Å². The molecule has 1 aromatic heterocycles. The van der Waals surface area contributed by atoms with E-state index in [2.05, 4.69) is 10.2 Å². The van der Waals surface area contributed by atoms with Crippen molar-refractivity contribution in [2.24, 2.45) is 0 Å². The molecular formula is C20H21N3O3S. The lowest BCUT2D eigenvalue weighted by atomic mass is 10.1. The van der Waals surface area contributed by atoms with E-state index < -0.39 is 0 Å². The van der Waals surface area contributed by atoms with Crippen molar-refractivity contribution < 1.29 is 9.53 Å². The van der Waals surface area contributed by atoms with Gasteiger partial charge in [-0.25, -0.2) is 14.5 Å². The van der Waals surface area contributed by atoms with E-state index in [1.54, 1.807) is 31.4 Å². The van der Waals surface area contributed by atoms with Crippen LogP contribution in [0.1, 0.15) is 27.0 Å². The second-order valence-electron chi connectivity index (χ2n) is 6.33. The number of Topliss-reactive ketones (excluding diaryl/α,β-unsaturated/α-hetero) is 1. The van der Waals surface area contributed by atoms with Crippen LogP contribution in [-0.4, -0.2) is 33.4 Å². The van der Waals surface area contributed by atoms with Gasteiger partial charge in [-0.05, 0) is 56.2 Å². The molecule has 0 fully saturated rings. The van der Waals surface area contributed by atoms with Gasteiger partial charge in [0, 0.05) is 5.56 Å². The van der Waals surface area contributed by atoms with Crippen LogP contribution in [0, 0.1) is 20.8 Å². The van der Waals surface area contributed by atoms with E-state index in [1.807, 2.05) is 32.9 Å². The first-order valence-electron chi connectivity index (χ1n) is 8.46. The number of ketones is 1. The van der Waals surface area contributed by atoms with Gasteiger partial charge in [-0.1, -0.05) is 29.5 Å². The van der Waals surface area contributed by atoms with Crippen LogP contribution in [0.5, 0.6) is 5.75 Å². The predicted octanol–water partition coefficient (Wildman–Crippen LogP) is 3.47. The monoisotopic (exact) mass is 383 g/mol. The van der Waals surface area contributed by atoms with Gasteiger partial charge < -0.3 is 4.74 Å². The molecule has 0 aliphatic carbocycles. The van der Waals surface area contributed by atoms with Crippen LogP contribution in [0.2, 0.25) is 0 Å². The average molecular weight is 383 g/mol. The Morgan fingerprint density at radius 2 is 1.78 bits per heavy atom. The first-order valence-corrected chi connectivity index (χ1v) is 9.45. The zero-order chi connectivity index (χ0) is 19.6. The number of carbonyl (C=O) groups excluding carboxylic acids is 1. The first kappa shape index (κ1) is 19.0. The van der Waals surface area contributed by atoms with E-state index in [9.17, 15) is 9.59 Å². The summed E-state index contributed by atoms with van der Waals surface area (Å²) in [7, 11) is 1.58. The molecule has 140 valence electrons. The topological polar surface area (TPSA) is 77.0 Å². The van der Waals surface area contributed by atoms with E-state index in [0.717, 1.165) is 22.4 Å². The quantitative estimate of drug-likeness (QED) is 0.521. The lowest BCUT2D eigenvalue weighted by Crippen LogP contribution is -2.18. The molecule has 1 heterocycles. The van der Waals surface area contributed by atoms with Gasteiger partial charge in [0.2, 0.25) is 0 Å². The fourth-order valence-electron chi connectivity index (χ4n) is 3.09. The van der Waals surface area contributed by atoms with E-state index in [4.69, 9.17) is 4.74 Å². The number of H-pyrrole nitrogens is 1. The van der Waals surface area contributed by atoms with Crippen LogP contribution in [-0.2, 0) is 0 Å². The summed E-state index contributed by atoms with van der Waals surface area (Å²) in [4.78, 5) is 24.8. The summed E-state index contributed by atoms with van der Waals surface area (Å²) in [5.74, 6) is 0.841. The minimum absolute atomic E-state index is 0.0398. The largest absolute Gasteiger partial charge is 0.497 e. The third-order valence-corrected chi connectivity index (χ3v) is 5.18. The Hall–Kier alpha value is -2.80. The summed E-state index contributed by atoms with van der Waals surface area (Å²) >= 11 is 1.24. The second-order valence-corrected chi connectivity index (χ2v) is 7.28. The number of methoxy groups -OCH3 is 1. The maximum absolute atomic E-state index is 12.5. The van der Waals surface area contributed by atoms with Crippen LogP contribution in [0.25, 0.3) is 5.69 Å². The number of hydrogen-bond donors (Lipinski definition) is 1. The third-order valence-electron chi connectivity index (χ3n) is 4.24. The Morgan fingerprint density at radius 3 is 2.37 bits per heavy atom. The number of hydrogen-bond acceptors (Lipinski definition) is 5. The highest BCUT2D eigenvalue weighted by Gasteiger charge is 2.17. The van der Waals surface area contributed by atoms with Crippen molar-refractivity contribution in [2.45, 2.75) is 25.9 Å². The van der Waals surface area contributed by atoms with Gasteiger partial charge in [-0.15, -0.1) is 5.10 Å². The molecule has 0 unspecified atom stereocenters. The number of nitrogens with one attached hydrogen (secondary N) is 1. The van der Waals surface area contributed by atoms with E-state index in [-0.39, 0.29) is 17.2 Å². The number of thioether (sulfide) groups is 1. The van der Waals surface area contributed by atoms with Gasteiger partial charge in [0.15, 0.2) is 10.9 Å². The van der Waals surface area contributed by atoms with Gasteiger partial charge >= 0.3 is 5.69 Å². The molecule has 0 aliphatic heterocycles. The number of aryl methyl sites for hydroxylation is 3. The number of carbonyl (C=O) groups is 1. The number of nitrogens with zero attached hydrogens (tertiary/aromatic N) is 2. The van der Waals surface area contributed by atoms with Gasteiger partial charge in [-0.2, -0.15) is 0 Å². The summed E-state index contributed by atoms with van der Waals surface area (Å²) in [6.07, 6.45) is 0. The standard InChI is InChI=1S/C20H21N3O3S/c1-12-9-13(2)18(14(3)10-12)23-19(25)21-22-20(23)27-11-17(24)15-5-7-16(26-4)8-6-15/h5-10H,11H2,1-4H3,(H,21,25). The molecule has 0 saturated carbocycles. The van der Waals surface area contributed by atoms with Crippen LogP contribution < -0.4 is 10.4 Å². The molecule has 0 saturated heterocycles. The van der Waals surface area contributed by atoms with Crippen molar-refractivity contribution in [3.63, 3.8) is 0 Å². The summed E-state index contributed by atoms with van der Waals surface area (Å²) in [5, 5.41) is 7.07. The summed E-state index contributed by atoms with van der Waals surface area (Å²) in [5.41, 5.74) is 4.19. The molecular weight excluding hydrogens is 362 g/mol. The minimum atomic E-state index is -0.315. The molecule has 6 nitrogen and oxygen atoms in total. The summed E-state index contributed by atoms with van der Waals surface area (Å²) < 4.78 is 6.65. The fraction of sp³-hybridized carbons (Fsp3) is 0.250. The Labute approximate surface area is 161 Å². The number of aromatic amines is 1.